The van der Waals surface area contributed by atoms with Crippen molar-refractivity contribution in [2.45, 2.75) is 68.5 Å². The highest BCUT2D eigenvalue weighted by Crippen LogP contribution is 2.76. The third kappa shape index (κ3) is 1.88. The quantitative estimate of drug-likeness (QED) is 0.381. The van der Waals surface area contributed by atoms with Crippen LogP contribution in [-0.2, 0) is 38.1 Å². The Hall–Kier alpha value is -2.78. The molecule has 9 nitrogen and oxygen atoms in total. The van der Waals surface area contributed by atoms with Gasteiger partial charge in [-0.2, -0.15) is 0 Å². The van der Waals surface area contributed by atoms with Crippen molar-refractivity contribution in [3.05, 3.63) is 36.0 Å². The molecule has 8 rings (SSSR count). The zero-order chi connectivity index (χ0) is 26.0. The van der Waals surface area contributed by atoms with E-state index < -0.39 is 80.9 Å². The lowest BCUT2D eigenvalue weighted by molar-refractivity contribution is -0.329. The number of esters is 3. The minimum atomic E-state index is -2.20. The molecule has 4 saturated heterocycles. The van der Waals surface area contributed by atoms with Gasteiger partial charge in [0.25, 0.3) is 0 Å². The number of aliphatic hydroxyl groups is 1. The fourth-order valence-electron chi connectivity index (χ4n) is 9.95. The van der Waals surface area contributed by atoms with Crippen LogP contribution in [-0.4, -0.2) is 63.9 Å². The zero-order valence-electron chi connectivity index (χ0n) is 20.8. The van der Waals surface area contributed by atoms with Crippen molar-refractivity contribution >= 4 is 23.7 Å². The number of carbonyl (C=O) groups excluding carboxylic acids is 4. The molecule has 0 aromatic rings. The summed E-state index contributed by atoms with van der Waals surface area (Å²) in [5.41, 5.74) is -8.27. The summed E-state index contributed by atoms with van der Waals surface area (Å²) in [6, 6.07) is 0. The summed E-state index contributed by atoms with van der Waals surface area (Å²) in [5.74, 6) is -4.79. The first kappa shape index (κ1) is 22.2. The largest absolute Gasteiger partial charge is 0.458 e. The zero-order valence-corrected chi connectivity index (χ0v) is 20.8. The number of ketones is 1. The molecule has 194 valence electrons. The van der Waals surface area contributed by atoms with Crippen molar-refractivity contribution in [2.24, 2.45) is 34.5 Å². The average Bonchev–Trinajstić information content (AvgIpc) is 3.22. The van der Waals surface area contributed by atoms with Gasteiger partial charge in [-0.25, -0.2) is 9.59 Å². The van der Waals surface area contributed by atoms with E-state index in [0.717, 1.165) is 5.57 Å². The summed E-state index contributed by atoms with van der Waals surface area (Å²) in [7, 11) is 0. The SMILES string of the molecule is C[C@]12C(=O)C=CC=C1C=C[C@@H]1C2CC[C@@]2(O)C(=O)O[C@@]3(C)[C@H]4C[C@@]5(C)[C@@H]6[C@]1(OC[C@H]5C(=O)O4)C(=O)O[C@]623. The summed E-state index contributed by atoms with van der Waals surface area (Å²) in [5, 5.41) is 12.4. The first-order chi connectivity index (χ1) is 17.4. The Morgan fingerprint density at radius 1 is 1.03 bits per heavy atom. The van der Waals surface area contributed by atoms with Gasteiger partial charge in [-0.3, -0.25) is 9.59 Å². The summed E-state index contributed by atoms with van der Waals surface area (Å²) >= 11 is 0. The van der Waals surface area contributed by atoms with Crippen LogP contribution < -0.4 is 0 Å². The highest BCUT2D eigenvalue weighted by Gasteiger charge is 2.95. The molecule has 1 unspecified atom stereocenters. The van der Waals surface area contributed by atoms with Crippen LogP contribution in [0.5, 0.6) is 0 Å². The van der Waals surface area contributed by atoms with Gasteiger partial charge in [-0.1, -0.05) is 31.2 Å². The second-order valence-corrected chi connectivity index (χ2v) is 12.8. The molecule has 4 bridgehead atoms. The molecule has 11 atom stereocenters. The highest BCUT2D eigenvalue weighted by molar-refractivity contribution is 6.00. The summed E-state index contributed by atoms with van der Waals surface area (Å²) in [6.07, 6.45) is 8.59. The Labute approximate surface area is 212 Å². The Morgan fingerprint density at radius 3 is 2.59 bits per heavy atom. The number of allylic oxidation sites excluding steroid dienone is 5. The fourth-order valence-corrected chi connectivity index (χ4v) is 9.95. The van der Waals surface area contributed by atoms with E-state index in [2.05, 4.69) is 0 Å². The van der Waals surface area contributed by atoms with Crippen molar-refractivity contribution in [1.82, 2.24) is 0 Å². The third-order valence-electron chi connectivity index (χ3n) is 11.7. The number of fused-ring (bicyclic) bond motifs is 5. The van der Waals surface area contributed by atoms with E-state index in [0.29, 0.717) is 6.42 Å². The van der Waals surface area contributed by atoms with E-state index in [1.54, 1.807) is 13.0 Å². The number of ether oxygens (including phenoxy) is 4. The minimum absolute atomic E-state index is 0.0575. The van der Waals surface area contributed by atoms with Crippen LogP contribution in [0, 0.1) is 34.5 Å². The first-order valence-electron chi connectivity index (χ1n) is 13.1. The molecule has 4 heterocycles. The van der Waals surface area contributed by atoms with Crippen molar-refractivity contribution in [2.75, 3.05) is 6.61 Å². The van der Waals surface area contributed by atoms with Crippen LogP contribution in [0.2, 0.25) is 0 Å². The van der Waals surface area contributed by atoms with E-state index in [4.69, 9.17) is 18.9 Å². The monoisotopic (exact) mass is 508 g/mol. The second kappa shape index (κ2) is 5.94. The smallest absolute Gasteiger partial charge is 0.343 e. The highest BCUT2D eigenvalue weighted by atomic mass is 16.7. The van der Waals surface area contributed by atoms with Crippen LogP contribution in [0.4, 0.5) is 0 Å². The van der Waals surface area contributed by atoms with Crippen LogP contribution >= 0.6 is 0 Å². The number of hydrogen-bond acceptors (Lipinski definition) is 9. The third-order valence-corrected chi connectivity index (χ3v) is 11.7. The number of hydrogen-bond donors (Lipinski definition) is 1. The predicted molar refractivity (Wildman–Crippen MR) is 122 cm³/mol. The Balaban J connectivity index is 1.46. The van der Waals surface area contributed by atoms with Crippen LogP contribution in [0.15, 0.2) is 36.0 Å². The standard InChI is InChI=1S/C28H28O9/c1-23-11-18-25(3)28-20(23)27(22(32)37-28,34-12-16(23)19(30)35-18)15-8-7-13-5-4-6-17(29)24(13,2)14(15)9-10-26(28,33)21(31)36-25/h4-8,14-16,18,20,33H,9-12H2,1-3H3/t14?,15-,16+,18-,20-,23-,24+,25+,26-,27+,28+/m1/s1. The van der Waals surface area contributed by atoms with Crippen molar-refractivity contribution in [3.63, 3.8) is 0 Å². The van der Waals surface area contributed by atoms with Crippen LogP contribution in [0.1, 0.15) is 40.0 Å². The molecule has 4 aliphatic heterocycles. The molecule has 0 aromatic carbocycles. The Bertz CT molecular complexity index is 1340. The van der Waals surface area contributed by atoms with Gasteiger partial charge in [-0.05, 0) is 56.1 Å². The topological polar surface area (TPSA) is 125 Å². The molecule has 2 saturated carbocycles. The molecule has 4 aliphatic carbocycles. The minimum Gasteiger partial charge on any atom is -0.458 e. The van der Waals surface area contributed by atoms with Gasteiger partial charge in [0.2, 0.25) is 11.2 Å². The number of rotatable bonds is 0. The van der Waals surface area contributed by atoms with Gasteiger partial charge in [0, 0.05) is 5.92 Å². The van der Waals surface area contributed by atoms with Crippen molar-refractivity contribution in [3.8, 4) is 0 Å². The Morgan fingerprint density at radius 2 is 1.81 bits per heavy atom. The molecule has 37 heavy (non-hydrogen) atoms. The summed E-state index contributed by atoms with van der Waals surface area (Å²) in [6.45, 7) is 5.33. The van der Waals surface area contributed by atoms with E-state index in [1.807, 2.05) is 32.1 Å². The van der Waals surface area contributed by atoms with Gasteiger partial charge < -0.3 is 24.1 Å². The van der Waals surface area contributed by atoms with Gasteiger partial charge in [0.1, 0.15) is 6.10 Å². The molecule has 6 fully saturated rings. The summed E-state index contributed by atoms with van der Waals surface area (Å²) < 4.78 is 24.6. The molecule has 0 aromatic heterocycles. The Kier molecular flexibility index (Phi) is 3.57. The molecule has 1 spiro atoms. The van der Waals surface area contributed by atoms with Gasteiger partial charge in [-0.15, -0.1) is 0 Å². The molecule has 8 aliphatic rings. The van der Waals surface area contributed by atoms with Gasteiger partial charge >= 0.3 is 17.9 Å². The molecule has 0 radical (unpaired) electrons. The van der Waals surface area contributed by atoms with Gasteiger partial charge in [0.05, 0.1) is 23.9 Å². The van der Waals surface area contributed by atoms with Crippen LogP contribution in [0.3, 0.4) is 0 Å². The predicted octanol–water partition coefficient (Wildman–Crippen LogP) is 1.33. The van der Waals surface area contributed by atoms with Crippen molar-refractivity contribution in [1.29, 1.82) is 0 Å². The maximum atomic E-state index is 14.3. The lowest BCUT2D eigenvalue weighted by Crippen LogP contribution is -2.82. The summed E-state index contributed by atoms with van der Waals surface area (Å²) in [4.78, 5) is 54.7. The van der Waals surface area contributed by atoms with Gasteiger partial charge in [0.15, 0.2) is 17.0 Å². The van der Waals surface area contributed by atoms with E-state index in [-0.39, 0.29) is 25.2 Å². The molecular formula is C28H28O9. The molecule has 9 heteroatoms. The second-order valence-electron chi connectivity index (χ2n) is 12.8. The molecule has 0 amide bonds. The number of carbonyl (C=O) groups is 4. The van der Waals surface area contributed by atoms with E-state index in [1.165, 1.54) is 6.08 Å². The first-order valence-corrected chi connectivity index (χ1v) is 13.1. The normalized spacial score (nSPS) is 57.8. The van der Waals surface area contributed by atoms with E-state index in [9.17, 15) is 24.3 Å². The fraction of sp³-hybridized carbons (Fsp3) is 0.643. The average molecular weight is 509 g/mol. The van der Waals surface area contributed by atoms with Crippen LogP contribution in [0.25, 0.3) is 0 Å². The maximum Gasteiger partial charge on any atom is 0.343 e. The maximum absolute atomic E-state index is 14.3. The lowest BCUT2D eigenvalue weighted by atomic mass is 9.39. The van der Waals surface area contributed by atoms with E-state index >= 15 is 0 Å². The lowest BCUT2D eigenvalue weighted by Gasteiger charge is -2.67. The molecular weight excluding hydrogens is 480 g/mol. The molecule has 1 N–H and O–H groups in total. The van der Waals surface area contributed by atoms with Crippen molar-refractivity contribution < 1.29 is 43.2 Å².